The van der Waals surface area contributed by atoms with Crippen LogP contribution >= 0.6 is 0 Å². The standard InChI is InChI=1S/C11H18N4O5S/c1-8(5-6-20-2)14-21(18,19)11-4-3-9(15(16)17)7-10(11)13-12/h3-4,7-8,13-14H,5-6,12H2,1-2H3. The number of rotatable bonds is 8. The van der Waals surface area contributed by atoms with Gasteiger partial charge in [-0.1, -0.05) is 0 Å². The minimum atomic E-state index is -3.85. The molecule has 0 radical (unpaired) electrons. The highest BCUT2D eigenvalue weighted by molar-refractivity contribution is 7.89. The van der Waals surface area contributed by atoms with Crippen LogP contribution in [0.15, 0.2) is 23.1 Å². The number of nitrogens with two attached hydrogens (primary N) is 1. The van der Waals surface area contributed by atoms with Crippen LogP contribution in [0.5, 0.6) is 0 Å². The molecule has 1 aromatic rings. The topological polar surface area (TPSA) is 137 Å². The molecule has 0 saturated carbocycles. The number of ether oxygens (including phenoxy) is 1. The average molecular weight is 318 g/mol. The summed E-state index contributed by atoms with van der Waals surface area (Å²) in [6.07, 6.45) is 0.494. The highest BCUT2D eigenvalue weighted by atomic mass is 32.2. The van der Waals surface area contributed by atoms with Gasteiger partial charge in [-0.3, -0.25) is 16.0 Å². The lowest BCUT2D eigenvalue weighted by atomic mass is 10.3. The van der Waals surface area contributed by atoms with Crippen LogP contribution in [0.4, 0.5) is 11.4 Å². The lowest BCUT2D eigenvalue weighted by molar-refractivity contribution is -0.384. The fraction of sp³-hybridized carbons (Fsp3) is 0.455. The first-order valence-corrected chi connectivity index (χ1v) is 7.56. The summed E-state index contributed by atoms with van der Waals surface area (Å²) in [4.78, 5) is 9.90. The number of methoxy groups -OCH3 is 1. The third-order valence-corrected chi connectivity index (χ3v) is 4.38. The van der Waals surface area contributed by atoms with E-state index in [1.165, 1.54) is 7.11 Å². The second-order valence-electron chi connectivity index (χ2n) is 4.39. The lowest BCUT2D eigenvalue weighted by Gasteiger charge is -2.15. The number of hydrazine groups is 1. The molecule has 0 heterocycles. The van der Waals surface area contributed by atoms with Gasteiger partial charge in [0, 0.05) is 31.9 Å². The van der Waals surface area contributed by atoms with Crippen molar-refractivity contribution in [1.29, 1.82) is 0 Å². The predicted octanol–water partition coefficient (Wildman–Crippen LogP) is 0.584. The third-order valence-electron chi connectivity index (χ3n) is 2.73. The molecule has 10 heteroatoms. The normalized spacial score (nSPS) is 12.9. The Balaban J connectivity index is 3.05. The summed E-state index contributed by atoms with van der Waals surface area (Å²) in [5, 5.41) is 10.7. The van der Waals surface area contributed by atoms with E-state index in [2.05, 4.69) is 10.1 Å². The molecule has 0 aromatic heterocycles. The Labute approximate surface area is 122 Å². The Bertz CT molecular complexity index is 605. The van der Waals surface area contributed by atoms with Crippen LogP contribution in [0.1, 0.15) is 13.3 Å². The van der Waals surface area contributed by atoms with Crippen molar-refractivity contribution in [2.75, 3.05) is 19.1 Å². The SMILES string of the molecule is COCCC(C)NS(=O)(=O)c1ccc([N+](=O)[O-])cc1NN. The van der Waals surface area contributed by atoms with E-state index in [-0.39, 0.29) is 22.3 Å². The predicted molar refractivity (Wildman–Crippen MR) is 77.2 cm³/mol. The fourth-order valence-electron chi connectivity index (χ4n) is 1.66. The molecule has 1 aromatic carbocycles. The van der Waals surface area contributed by atoms with Gasteiger partial charge in [-0.15, -0.1) is 0 Å². The Morgan fingerprint density at radius 1 is 1.48 bits per heavy atom. The highest BCUT2D eigenvalue weighted by Crippen LogP contribution is 2.25. The van der Waals surface area contributed by atoms with Gasteiger partial charge in [-0.05, 0) is 19.4 Å². The van der Waals surface area contributed by atoms with E-state index >= 15 is 0 Å². The number of anilines is 1. The summed E-state index contributed by atoms with van der Waals surface area (Å²) in [6, 6.07) is 2.96. The van der Waals surface area contributed by atoms with Crippen molar-refractivity contribution >= 4 is 21.4 Å². The van der Waals surface area contributed by atoms with Gasteiger partial charge in [0.15, 0.2) is 0 Å². The molecule has 0 saturated heterocycles. The quantitative estimate of drug-likeness (QED) is 0.362. The second-order valence-corrected chi connectivity index (χ2v) is 6.07. The van der Waals surface area contributed by atoms with Gasteiger partial charge < -0.3 is 10.2 Å². The van der Waals surface area contributed by atoms with Crippen LogP contribution in [0, 0.1) is 10.1 Å². The molecule has 0 aliphatic carbocycles. The van der Waals surface area contributed by atoms with Gasteiger partial charge in [-0.25, -0.2) is 13.1 Å². The molecule has 0 bridgehead atoms. The molecule has 4 N–H and O–H groups in total. The van der Waals surface area contributed by atoms with E-state index in [0.29, 0.717) is 13.0 Å². The number of nitrogens with zero attached hydrogens (tertiary/aromatic N) is 1. The molecule has 0 fully saturated rings. The summed E-state index contributed by atoms with van der Waals surface area (Å²) in [6.45, 7) is 2.10. The molecule has 9 nitrogen and oxygen atoms in total. The molecule has 1 unspecified atom stereocenters. The van der Waals surface area contributed by atoms with E-state index in [1.54, 1.807) is 6.92 Å². The summed E-state index contributed by atoms with van der Waals surface area (Å²) >= 11 is 0. The number of nitrogen functional groups attached to an aromatic ring is 1. The Kier molecular flexibility index (Phi) is 6.03. The van der Waals surface area contributed by atoms with Crippen molar-refractivity contribution in [2.24, 2.45) is 5.84 Å². The fourth-order valence-corrected chi connectivity index (χ4v) is 3.09. The molecular weight excluding hydrogens is 300 g/mol. The smallest absolute Gasteiger partial charge is 0.271 e. The first-order valence-electron chi connectivity index (χ1n) is 6.08. The van der Waals surface area contributed by atoms with Gasteiger partial charge in [0.2, 0.25) is 10.0 Å². The lowest BCUT2D eigenvalue weighted by Crippen LogP contribution is -2.34. The van der Waals surface area contributed by atoms with Crippen molar-refractivity contribution < 1.29 is 18.1 Å². The zero-order valence-corrected chi connectivity index (χ0v) is 12.5. The number of hydrogen-bond donors (Lipinski definition) is 3. The van der Waals surface area contributed by atoms with Crippen LogP contribution in [0.2, 0.25) is 0 Å². The van der Waals surface area contributed by atoms with Crippen LogP contribution in [-0.2, 0) is 14.8 Å². The molecule has 21 heavy (non-hydrogen) atoms. The molecule has 0 spiro atoms. The molecule has 1 atom stereocenters. The van der Waals surface area contributed by atoms with E-state index in [9.17, 15) is 18.5 Å². The van der Waals surface area contributed by atoms with Gasteiger partial charge in [0.05, 0.1) is 10.6 Å². The first-order chi connectivity index (χ1) is 9.81. The van der Waals surface area contributed by atoms with Crippen LogP contribution in [0.25, 0.3) is 0 Å². The van der Waals surface area contributed by atoms with Crippen LogP contribution < -0.4 is 16.0 Å². The van der Waals surface area contributed by atoms with Crippen molar-refractivity contribution in [3.05, 3.63) is 28.3 Å². The minimum Gasteiger partial charge on any atom is -0.385 e. The zero-order valence-electron chi connectivity index (χ0n) is 11.7. The van der Waals surface area contributed by atoms with E-state index in [4.69, 9.17) is 10.6 Å². The Morgan fingerprint density at radius 2 is 2.14 bits per heavy atom. The van der Waals surface area contributed by atoms with E-state index < -0.39 is 14.9 Å². The first kappa shape index (κ1) is 17.3. The molecule has 118 valence electrons. The zero-order chi connectivity index (χ0) is 16.0. The van der Waals surface area contributed by atoms with Gasteiger partial charge in [-0.2, -0.15) is 0 Å². The average Bonchev–Trinajstić information content (AvgIpc) is 2.43. The summed E-state index contributed by atoms with van der Waals surface area (Å²) < 4.78 is 31.8. The van der Waals surface area contributed by atoms with Gasteiger partial charge in [0.25, 0.3) is 5.69 Å². The molecule has 0 amide bonds. The number of sulfonamides is 1. The molecular formula is C11H18N4O5S. The summed E-state index contributed by atoms with van der Waals surface area (Å²) in [5.74, 6) is 5.24. The van der Waals surface area contributed by atoms with Gasteiger partial charge in [0.1, 0.15) is 4.90 Å². The third kappa shape index (κ3) is 4.63. The molecule has 1 rings (SSSR count). The van der Waals surface area contributed by atoms with Crippen LogP contribution in [0.3, 0.4) is 0 Å². The maximum Gasteiger partial charge on any atom is 0.271 e. The van der Waals surface area contributed by atoms with Crippen molar-refractivity contribution in [3.8, 4) is 0 Å². The minimum absolute atomic E-state index is 0.0457. The Morgan fingerprint density at radius 3 is 2.67 bits per heavy atom. The number of non-ortho nitro benzene ring substituents is 1. The largest absolute Gasteiger partial charge is 0.385 e. The number of nitro benzene ring substituents is 1. The van der Waals surface area contributed by atoms with Crippen molar-refractivity contribution in [3.63, 3.8) is 0 Å². The molecule has 0 aliphatic heterocycles. The maximum absolute atomic E-state index is 12.2. The maximum atomic E-state index is 12.2. The monoisotopic (exact) mass is 318 g/mol. The van der Waals surface area contributed by atoms with E-state index in [0.717, 1.165) is 18.2 Å². The number of hydrogen-bond acceptors (Lipinski definition) is 7. The summed E-state index contributed by atoms with van der Waals surface area (Å²) in [5.41, 5.74) is 1.86. The number of benzene rings is 1. The van der Waals surface area contributed by atoms with Crippen LogP contribution in [-0.4, -0.2) is 33.1 Å². The number of nitrogens with one attached hydrogen (secondary N) is 2. The van der Waals surface area contributed by atoms with Crippen molar-refractivity contribution in [1.82, 2.24) is 4.72 Å². The van der Waals surface area contributed by atoms with Gasteiger partial charge >= 0.3 is 0 Å². The summed E-state index contributed by atoms with van der Waals surface area (Å²) in [7, 11) is -2.32. The van der Waals surface area contributed by atoms with E-state index in [1.807, 2.05) is 0 Å². The van der Waals surface area contributed by atoms with Crippen molar-refractivity contribution in [2.45, 2.75) is 24.3 Å². The highest BCUT2D eigenvalue weighted by Gasteiger charge is 2.22. The number of nitro groups is 1. The second kappa shape index (κ2) is 7.31. The Hall–Kier alpha value is -1.75. The molecule has 0 aliphatic rings.